The quantitative estimate of drug-likeness (QED) is 0.566. The third kappa shape index (κ3) is 5.01. The average molecular weight is 409 g/mol. The maximum atomic E-state index is 12.8. The summed E-state index contributed by atoms with van der Waals surface area (Å²) in [4.78, 5) is 15.3. The zero-order valence-electron chi connectivity index (χ0n) is 17.0. The smallest absolute Gasteiger partial charge is 0.200 e. The molecular formula is C24H27NO5. The maximum Gasteiger partial charge on any atom is 0.200 e. The Balaban J connectivity index is 1.31. The van der Waals surface area contributed by atoms with E-state index in [1.54, 1.807) is 36.4 Å². The van der Waals surface area contributed by atoms with Gasteiger partial charge in [-0.05, 0) is 55.6 Å². The molecule has 1 aromatic heterocycles. The Morgan fingerprint density at radius 1 is 1.00 bits per heavy atom. The van der Waals surface area contributed by atoms with Gasteiger partial charge in [0, 0.05) is 19.2 Å². The molecule has 2 aromatic carbocycles. The average Bonchev–Trinajstić information content (AvgIpc) is 2.78. The molecule has 0 radical (unpaired) electrons. The van der Waals surface area contributed by atoms with E-state index < -0.39 is 0 Å². The predicted molar refractivity (Wildman–Crippen MR) is 116 cm³/mol. The Morgan fingerprint density at radius 2 is 1.80 bits per heavy atom. The Hall–Kier alpha value is -2.83. The summed E-state index contributed by atoms with van der Waals surface area (Å²) in [6, 6.07) is 11.8. The second-order valence-electron chi connectivity index (χ2n) is 7.55. The minimum atomic E-state index is -0.100. The number of hydrogen-bond acceptors (Lipinski definition) is 6. The number of morpholine rings is 1. The molecule has 30 heavy (non-hydrogen) atoms. The molecule has 1 N–H and O–H groups in total. The van der Waals surface area contributed by atoms with E-state index in [0.29, 0.717) is 34.5 Å². The zero-order chi connectivity index (χ0) is 20.8. The van der Waals surface area contributed by atoms with E-state index in [2.05, 4.69) is 4.90 Å². The largest absolute Gasteiger partial charge is 0.508 e. The molecule has 3 aromatic rings. The van der Waals surface area contributed by atoms with Crippen LogP contribution in [0.3, 0.4) is 0 Å². The van der Waals surface area contributed by atoms with Gasteiger partial charge in [0.25, 0.3) is 0 Å². The third-order valence-corrected chi connectivity index (χ3v) is 5.42. The first-order valence-electron chi connectivity index (χ1n) is 10.5. The van der Waals surface area contributed by atoms with Gasteiger partial charge in [-0.15, -0.1) is 0 Å². The third-order valence-electron chi connectivity index (χ3n) is 5.42. The van der Waals surface area contributed by atoms with Gasteiger partial charge in [-0.1, -0.05) is 12.1 Å². The number of rotatable bonds is 8. The second-order valence-corrected chi connectivity index (χ2v) is 7.55. The lowest BCUT2D eigenvalue weighted by Gasteiger charge is -2.26. The van der Waals surface area contributed by atoms with Crippen LogP contribution in [0.15, 0.2) is 57.9 Å². The fraction of sp³-hybridized carbons (Fsp3) is 0.375. The van der Waals surface area contributed by atoms with Crippen LogP contribution in [0.5, 0.6) is 11.5 Å². The molecule has 0 spiro atoms. The fourth-order valence-electron chi connectivity index (χ4n) is 3.67. The number of benzene rings is 2. The van der Waals surface area contributed by atoms with E-state index in [9.17, 15) is 9.90 Å². The molecule has 1 aliphatic heterocycles. The van der Waals surface area contributed by atoms with Crippen molar-refractivity contribution in [2.45, 2.75) is 19.3 Å². The Labute approximate surface area is 175 Å². The van der Waals surface area contributed by atoms with Crippen molar-refractivity contribution in [3.05, 3.63) is 59.0 Å². The first kappa shape index (κ1) is 20.4. The van der Waals surface area contributed by atoms with Gasteiger partial charge in [0.15, 0.2) is 5.43 Å². The zero-order valence-corrected chi connectivity index (χ0v) is 17.0. The van der Waals surface area contributed by atoms with Crippen molar-refractivity contribution in [1.82, 2.24) is 4.90 Å². The number of fused-ring (bicyclic) bond motifs is 1. The Morgan fingerprint density at radius 3 is 2.60 bits per heavy atom. The number of nitrogens with zero attached hydrogens (tertiary/aromatic N) is 1. The molecule has 158 valence electrons. The first-order valence-corrected chi connectivity index (χ1v) is 10.5. The highest BCUT2D eigenvalue weighted by Crippen LogP contribution is 2.24. The minimum Gasteiger partial charge on any atom is -0.508 e. The Kier molecular flexibility index (Phi) is 6.67. The molecule has 6 nitrogen and oxygen atoms in total. The molecule has 4 rings (SSSR count). The van der Waals surface area contributed by atoms with E-state index >= 15 is 0 Å². The van der Waals surface area contributed by atoms with Crippen molar-refractivity contribution < 1.29 is 19.0 Å². The van der Waals surface area contributed by atoms with Crippen molar-refractivity contribution in [2.24, 2.45) is 0 Å². The monoisotopic (exact) mass is 409 g/mol. The number of aromatic hydroxyl groups is 1. The van der Waals surface area contributed by atoms with E-state index in [1.807, 2.05) is 6.07 Å². The first-order chi connectivity index (χ1) is 14.7. The summed E-state index contributed by atoms with van der Waals surface area (Å²) < 4.78 is 16.9. The van der Waals surface area contributed by atoms with E-state index in [0.717, 1.165) is 52.1 Å². The number of phenolic OH excluding ortho intramolecular Hbond substituents is 1. The lowest BCUT2D eigenvalue weighted by Crippen LogP contribution is -2.36. The summed E-state index contributed by atoms with van der Waals surface area (Å²) >= 11 is 0. The number of unbranched alkanes of at least 4 members (excludes halogenated alkanes) is 2. The van der Waals surface area contributed by atoms with Crippen LogP contribution in [-0.2, 0) is 4.74 Å². The molecule has 0 atom stereocenters. The lowest BCUT2D eigenvalue weighted by molar-refractivity contribution is 0.0370. The van der Waals surface area contributed by atoms with E-state index in [-0.39, 0.29) is 11.2 Å². The highest BCUT2D eigenvalue weighted by molar-refractivity contribution is 5.82. The molecule has 1 aliphatic rings. The molecule has 0 aliphatic carbocycles. The predicted octanol–water partition coefficient (Wildman–Crippen LogP) is 4.05. The molecular weight excluding hydrogens is 382 g/mol. The molecule has 1 fully saturated rings. The van der Waals surface area contributed by atoms with Gasteiger partial charge in [0.05, 0.1) is 30.8 Å². The molecule has 0 amide bonds. The molecule has 6 heteroatoms. The van der Waals surface area contributed by atoms with Crippen LogP contribution in [0.1, 0.15) is 19.3 Å². The van der Waals surface area contributed by atoms with Crippen LogP contribution in [0.4, 0.5) is 0 Å². The summed E-state index contributed by atoms with van der Waals surface area (Å²) in [5, 5.41) is 9.94. The molecule has 2 heterocycles. The van der Waals surface area contributed by atoms with Gasteiger partial charge in [-0.25, -0.2) is 0 Å². The lowest BCUT2D eigenvalue weighted by atomic mass is 10.1. The van der Waals surface area contributed by atoms with Crippen molar-refractivity contribution in [1.29, 1.82) is 0 Å². The summed E-state index contributed by atoms with van der Waals surface area (Å²) in [5.74, 6) is 0.864. The van der Waals surface area contributed by atoms with Crippen molar-refractivity contribution in [3.8, 4) is 22.6 Å². The molecule has 0 unspecified atom stereocenters. The summed E-state index contributed by atoms with van der Waals surface area (Å²) in [6.07, 6.45) is 4.74. The molecule has 1 saturated heterocycles. The van der Waals surface area contributed by atoms with E-state index in [1.165, 1.54) is 6.26 Å². The van der Waals surface area contributed by atoms with Crippen molar-refractivity contribution >= 4 is 11.0 Å². The Bertz CT molecular complexity index is 1020. The number of hydrogen-bond donors (Lipinski definition) is 1. The van der Waals surface area contributed by atoms with Crippen LogP contribution in [0.2, 0.25) is 0 Å². The summed E-state index contributed by atoms with van der Waals surface area (Å²) in [6.45, 7) is 5.52. The van der Waals surface area contributed by atoms with Crippen LogP contribution in [0.25, 0.3) is 22.1 Å². The van der Waals surface area contributed by atoms with Gasteiger partial charge in [-0.3, -0.25) is 9.69 Å². The van der Waals surface area contributed by atoms with Crippen LogP contribution >= 0.6 is 0 Å². The van der Waals surface area contributed by atoms with Gasteiger partial charge in [-0.2, -0.15) is 0 Å². The van der Waals surface area contributed by atoms with Crippen LogP contribution in [-0.4, -0.2) is 49.5 Å². The standard InChI is InChI=1S/C24H27NO5/c26-19-6-4-18(5-7-19)22-17-30-23-16-20(8-9-21(23)24(22)27)29-13-3-1-2-10-25-11-14-28-15-12-25/h4-9,16-17,26H,1-3,10-15H2. The van der Waals surface area contributed by atoms with Gasteiger partial charge in [0.1, 0.15) is 23.3 Å². The number of phenols is 1. The highest BCUT2D eigenvalue weighted by atomic mass is 16.5. The van der Waals surface area contributed by atoms with Gasteiger partial charge >= 0.3 is 0 Å². The van der Waals surface area contributed by atoms with E-state index in [4.69, 9.17) is 13.9 Å². The summed E-state index contributed by atoms with van der Waals surface area (Å²) in [7, 11) is 0. The maximum absolute atomic E-state index is 12.8. The van der Waals surface area contributed by atoms with Crippen molar-refractivity contribution in [2.75, 3.05) is 39.5 Å². The van der Waals surface area contributed by atoms with Crippen LogP contribution in [0, 0.1) is 0 Å². The van der Waals surface area contributed by atoms with Gasteiger partial charge < -0.3 is 19.0 Å². The number of ether oxygens (including phenoxy) is 2. The fourth-order valence-corrected chi connectivity index (χ4v) is 3.67. The normalized spacial score (nSPS) is 14.8. The van der Waals surface area contributed by atoms with Crippen LogP contribution < -0.4 is 10.2 Å². The topological polar surface area (TPSA) is 72.1 Å². The van der Waals surface area contributed by atoms with Crippen molar-refractivity contribution in [3.63, 3.8) is 0 Å². The molecule has 0 bridgehead atoms. The second kappa shape index (κ2) is 9.78. The summed E-state index contributed by atoms with van der Waals surface area (Å²) in [5.41, 5.74) is 1.58. The SMILES string of the molecule is O=c1c(-c2ccc(O)cc2)coc2cc(OCCCCCN3CCOCC3)ccc12. The molecule has 0 saturated carbocycles. The minimum absolute atomic E-state index is 0.100. The highest BCUT2D eigenvalue weighted by Gasteiger charge is 2.11. The van der Waals surface area contributed by atoms with Gasteiger partial charge in [0.2, 0.25) is 0 Å².